The summed E-state index contributed by atoms with van der Waals surface area (Å²) < 4.78 is 28.1. The van der Waals surface area contributed by atoms with E-state index in [-0.39, 0.29) is 25.4 Å². The fourth-order valence-electron chi connectivity index (χ4n) is 3.45. The minimum atomic E-state index is -0.422. The van der Waals surface area contributed by atoms with Gasteiger partial charge in [-0.05, 0) is 49.2 Å². The molecule has 2 aromatic heterocycles. The number of aromatic nitrogens is 4. The van der Waals surface area contributed by atoms with Crippen molar-refractivity contribution in [3.8, 4) is 22.6 Å². The van der Waals surface area contributed by atoms with Gasteiger partial charge in [-0.1, -0.05) is 30.3 Å². The molecule has 1 atom stereocenters. The van der Waals surface area contributed by atoms with Gasteiger partial charge in [-0.3, -0.25) is 4.39 Å². The molecule has 0 aliphatic carbocycles. The lowest BCUT2D eigenvalue weighted by Crippen LogP contribution is -2.10. The zero-order chi connectivity index (χ0) is 21.6. The number of hydrogen-bond acceptors (Lipinski definition) is 4. The van der Waals surface area contributed by atoms with Crippen LogP contribution in [0, 0.1) is 5.82 Å². The van der Waals surface area contributed by atoms with Crippen LogP contribution in [0.5, 0.6) is 0 Å². The molecular formula is C24H25F2N5S. The Balaban J connectivity index is 0.00000289. The highest BCUT2D eigenvalue weighted by Gasteiger charge is 2.17. The number of benzene rings is 2. The van der Waals surface area contributed by atoms with Gasteiger partial charge in [0.25, 0.3) is 0 Å². The second kappa shape index (κ2) is 10.9. The monoisotopic (exact) mass is 453 g/mol. The quantitative estimate of drug-likeness (QED) is 0.367. The van der Waals surface area contributed by atoms with E-state index in [2.05, 4.69) is 15.3 Å². The summed E-state index contributed by atoms with van der Waals surface area (Å²) in [4.78, 5) is 13.6. The zero-order valence-corrected chi connectivity index (χ0v) is 18.7. The molecule has 0 radical (unpaired) electrons. The van der Waals surface area contributed by atoms with Gasteiger partial charge in [0, 0.05) is 18.3 Å². The summed E-state index contributed by atoms with van der Waals surface area (Å²) in [6, 6.07) is 18.0. The van der Waals surface area contributed by atoms with Gasteiger partial charge in [0.05, 0.1) is 36.1 Å². The second-order valence-corrected chi connectivity index (χ2v) is 7.23. The van der Waals surface area contributed by atoms with Crippen LogP contribution in [-0.4, -0.2) is 26.2 Å². The van der Waals surface area contributed by atoms with Gasteiger partial charge in [-0.2, -0.15) is 13.5 Å². The Labute approximate surface area is 193 Å². The number of imidazole rings is 1. The summed E-state index contributed by atoms with van der Waals surface area (Å²) in [6.07, 6.45) is 3.72. The van der Waals surface area contributed by atoms with Crippen LogP contribution < -0.4 is 5.32 Å². The Morgan fingerprint density at radius 2 is 1.75 bits per heavy atom. The first-order chi connectivity index (χ1) is 15.2. The summed E-state index contributed by atoms with van der Waals surface area (Å²) in [5.41, 5.74) is 3.96. The van der Waals surface area contributed by atoms with Crippen molar-refractivity contribution in [1.29, 1.82) is 0 Å². The molecule has 0 aliphatic rings. The highest BCUT2D eigenvalue weighted by Crippen LogP contribution is 2.31. The molecule has 1 N–H and O–H groups in total. The lowest BCUT2D eigenvalue weighted by molar-refractivity contribution is 0.447. The molecule has 5 nitrogen and oxygen atoms in total. The van der Waals surface area contributed by atoms with Crippen LogP contribution >= 0.6 is 13.5 Å². The van der Waals surface area contributed by atoms with E-state index in [1.54, 1.807) is 30.7 Å². The molecule has 32 heavy (non-hydrogen) atoms. The Hall–Kier alpha value is -3.26. The number of halogens is 2. The number of alkyl halides is 1. The number of hydrogen-bond donors (Lipinski definition) is 1. The largest absolute Gasteiger partial charge is 0.348 e. The van der Waals surface area contributed by atoms with Gasteiger partial charge < -0.3 is 9.88 Å². The molecule has 0 fully saturated rings. The number of nitrogens with one attached hydrogen (secondary N) is 1. The summed E-state index contributed by atoms with van der Waals surface area (Å²) in [5, 5.41) is 3.33. The molecule has 8 heteroatoms. The molecule has 0 amide bonds. The Morgan fingerprint density at radius 1 is 1.00 bits per heavy atom. The third-order valence-electron chi connectivity index (χ3n) is 5.03. The van der Waals surface area contributed by atoms with Crippen LogP contribution in [0.15, 0.2) is 73.2 Å². The second-order valence-electron chi connectivity index (χ2n) is 7.23. The van der Waals surface area contributed by atoms with Crippen LogP contribution in [0.4, 0.5) is 14.7 Å². The van der Waals surface area contributed by atoms with Crippen molar-refractivity contribution in [2.24, 2.45) is 0 Å². The molecular weight excluding hydrogens is 428 g/mol. The fraction of sp³-hybridized carbons (Fsp3) is 0.208. The average molecular weight is 454 g/mol. The van der Waals surface area contributed by atoms with Crippen molar-refractivity contribution in [3.05, 3.63) is 84.6 Å². The highest BCUT2D eigenvalue weighted by atomic mass is 32.1. The lowest BCUT2D eigenvalue weighted by atomic mass is 10.1. The van der Waals surface area contributed by atoms with E-state index in [0.29, 0.717) is 30.3 Å². The molecule has 166 valence electrons. The standard InChI is InChI=1S/C24H23F2N5.H2S/c1-17(18-6-3-2-4-7-18)29-24-27-14-12-21(30-24)23-22(19-8-10-20(26)11-9-19)28-16-31(23)15-5-13-25;/h2-4,6-12,14,16-17H,5,13,15H2,1H3,(H,27,29,30);1H2/t17-;/m0./s1. The maximum Gasteiger partial charge on any atom is 0.223 e. The first-order valence-electron chi connectivity index (χ1n) is 10.2. The maximum absolute atomic E-state index is 13.4. The summed E-state index contributed by atoms with van der Waals surface area (Å²) in [6.45, 7) is 2.09. The van der Waals surface area contributed by atoms with E-state index >= 15 is 0 Å². The third kappa shape index (κ3) is 5.31. The third-order valence-corrected chi connectivity index (χ3v) is 5.03. The van der Waals surface area contributed by atoms with E-state index in [9.17, 15) is 8.78 Å². The number of nitrogens with zero attached hydrogens (tertiary/aromatic N) is 4. The molecule has 2 heterocycles. The predicted octanol–water partition coefficient (Wildman–Crippen LogP) is 5.79. The van der Waals surface area contributed by atoms with Gasteiger partial charge >= 0.3 is 0 Å². The van der Waals surface area contributed by atoms with Crippen LogP contribution in [0.25, 0.3) is 22.6 Å². The van der Waals surface area contributed by atoms with Crippen molar-refractivity contribution in [2.45, 2.75) is 25.9 Å². The number of aryl methyl sites for hydroxylation is 1. The van der Waals surface area contributed by atoms with E-state index < -0.39 is 6.67 Å². The fourth-order valence-corrected chi connectivity index (χ4v) is 3.45. The SMILES string of the molecule is C[C@H](Nc1nccc(-c2c(-c3ccc(F)cc3)ncn2CCCF)n1)c1ccccc1.S. The molecule has 0 saturated carbocycles. The molecule has 0 spiro atoms. The zero-order valence-electron chi connectivity index (χ0n) is 17.7. The molecule has 2 aromatic carbocycles. The van der Waals surface area contributed by atoms with Gasteiger partial charge in [-0.15, -0.1) is 0 Å². The smallest absolute Gasteiger partial charge is 0.223 e. The summed E-state index contributed by atoms with van der Waals surface area (Å²) in [7, 11) is 0. The van der Waals surface area contributed by atoms with Crippen molar-refractivity contribution in [3.63, 3.8) is 0 Å². The normalized spacial score (nSPS) is 11.6. The Kier molecular flexibility index (Phi) is 7.94. The molecule has 0 saturated heterocycles. The first kappa shape index (κ1) is 23.4. The predicted molar refractivity (Wildman–Crippen MR) is 128 cm³/mol. The van der Waals surface area contributed by atoms with Gasteiger partial charge in [0.2, 0.25) is 5.95 Å². The summed E-state index contributed by atoms with van der Waals surface area (Å²) >= 11 is 0. The first-order valence-corrected chi connectivity index (χ1v) is 10.2. The average Bonchev–Trinajstić information content (AvgIpc) is 3.23. The summed E-state index contributed by atoms with van der Waals surface area (Å²) in [5.74, 6) is 0.169. The van der Waals surface area contributed by atoms with E-state index in [0.717, 1.165) is 16.8 Å². The Morgan fingerprint density at radius 3 is 2.47 bits per heavy atom. The van der Waals surface area contributed by atoms with Gasteiger partial charge in [0.15, 0.2) is 0 Å². The van der Waals surface area contributed by atoms with Crippen LogP contribution in [0.3, 0.4) is 0 Å². The van der Waals surface area contributed by atoms with E-state index in [4.69, 9.17) is 4.98 Å². The molecule has 4 aromatic rings. The van der Waals surface area contributed by atoms with E-state index in [1.807, 2.05) is 41.8 Å². The van der Waals surface area contributed by atoms with Crippen molar-refractivity contribution in [1.82, 2.24) is 19.5 Å². The molecule has 4 rings (SSSR count). The molecule has 0 aliphatic heterocycles. The van der Waals surface area contributed by atoms with E-state index in [1.165, 1.54) is 12.1 Å². The Bertz CT molecular complexity index is 1130. The van der Waals surface area contributed by atoms with Crippen LogP contribution in [-0.2, 0) is 6.54 Å². The minimum Gasteiger partial charge on any atom is -0.348 e. The van der Waals surface area contributed by atoms with Gasteiger partial charge in [-0.25, -0.2) is 19.3 Å². The number of anilines is 1. The molecule has 0 bridgehead atoms. The van der Waals surface area contributed by atoms with Crippen LogP contribution in [0.1, 0.15) is 24.9 Å². The van der Waals surface area contributed by atoms with Crippen molar-refractivity contribution < 1.29 is 8.78 Å². The maximum atomic E-state index is 13.4. The lowest BCUT2D eigenvalue weighted by Gasteiger charge is -2.15. The molecule has 0 unspecified atom stereocenters. The van der Waals surface area contributed by atoms with Crippen molar-refractivity contribution >= 4 is 19.4 Å². The highest BCUT2D eigenvalue weighted by molar-refractivity contribution is 7.59. The topological polar surface area (TPSA) is 55.6 Å². The minimum absolute atomic E-state index is 0. The van der Waals surface area contributed by atoms with Crippen LogP contribution in [0.2, 0.25) is 0 Å². The van der Waals surface area contributed by atoms with Crippen molar-refractivity contribution in [2.75, 3.05) is 12.0 Å². The van der Waals surface area contributed by atoms with Gasteiger partial charge in [0.1, 0.15) is 5.82 Å². The number of rotatable bonds is 8.